The summed E-state index contributed by atoms with van der Waals surface area (Å²) in [5.41, 5.74) is 1.13. The zero-order valence-corrected chi connectivity index (χ0v) is 12.4. The highest BCUT2D eigenvalue weighted by atomic mass is 16.5. The van der Waals surface area contributed by atoms with Crippen LogP contribution in [-0.4, -0.2) is 24.0 Å². The van der Waals surface area contributed by atoms with Crippen molar-refractivity contribution in [3.8, 4) is 5.75 Å². The highest BCUT2D eigenvalue weighted by molar-refractivity contribution is 6.08. The van der Waals surface area contributed by atoms with Crippen LogP contribution >= 0.6 is 0 Å². The Hall–Kier alpha value is -2.56. The van der Waals surface area contributed by atoms with Gasteiger partial charge in [-0.1, -0.05) is 12.1 Å². The van der Waals surface area contributed by atoms with Crippen molar-refractivity contribution in [1.29, 1.82) is 0 Å². The summed E-state index contributed by atoms with van der Waals surface area (Å²) < 4.78 is 5.23. The van der Waals surface area contributed by atoms with Crippen molar-refractivity contribution in [2.75, 3.05) is 17.7 Å². The Labute approximate surface area is 124 Å². The lowest BCUT2D eigenvalue weighted by molar-refractivity contribution is 0.102. The van der Waals surface area contributed by atoms with Crippen molar-refractivity contribution < 1.29 is 9.53 Å². The van der Waals surface area contributed by atoms with Crippen molar-refractivity contribution in [3.63, 3.8) is 0 Å². The Bertz CT molecular complexity index is 626. The van der Waals surface area contributed by atoms with Crippen LogP contribution in [0.4, 0.5) is 11.5 Å². The summed E-state index contributed by atoms with van der Waals surface area (Å²) in [6.07, 6.45) is 1.66. The fourth-order valence-electron chi connectivity index (χ4n) is 1.91. The predicted octanol–water partition coefficient (Wildman–Crippen LogP) is 3.16. The first-order valence-corrected chi connectivity index (χ1v) is 6.77. The van der Waals surface area contributed by atoms with Gasteiger partial charge < -0.3 is 15.4 Å². The van der Waals surface area contributed by atoms with Gasteiger partial charge in [0.25, 0.3) is 5.91 Å². The van der Waals surface area contributed by atoms with Crippen LogP contribution in [0.1, 0.15) is 24.2 Å². The minimum Gasteiger partial charge on any atom is -0.495 e. The van der Waals surface area contributed by atoms with Gasteiger partial charge in [-0.2, -0.15) is 0 Å². The van der Waals surface area contributed by atoms with Gasteiger partial charge in [0.15, 0.2) is 0 Å². The zero-order chi connectivity index (χ0) is 15.2. The maximum atomic E-state index is 12.4. The monoisotopic (exact) mass is 285 g/mol. The van der Waals surface area contributed by atoms with Crippen molar-refractivity contribution >= 4 is 17.4 Å². The SMILES string of the molecule is COc1ccccc1NC(=O)c1cccnc1NC(C)C. The van der Waals surface area contributed by atoms with E-state index in [1.807, 2.05) is 26.0 Å². The number of carbonyl (C=O) groups is 1. The lowest BCUT2D eigenvalue weighted by Crippen LogP contribution is -2.19. The molecule has 0 aliphatic rings. The number of aromatic nitrogens is 1. The average molecular weight is 285 g/mol. The molecule has 0 saturated carbocycles. The lowest BCUT2D eigenvalue weighted by atomic mass is 10.2. The molecule has 0 radical (unpaired) electrons. The quantitative estimate of drug-likeness (QED) is 0.885. The van der Waals surface area contributed by atoms with Gasteiger partial charge in [0.2, 0.25) is 0 Å². The summed E-state index contributed by atoms with van der Waals surface area (Å²) in [7, 11) is 1.57. The molecular weight excluding hydrogens is 266 g/mol. The summed E-state index contributed by atoms with van der Waals surface area (Å²) in [6, 6.07) is 11.0. The van der Waals surface area contributed by atoms with E-state index in [4.69, 9.17) is 4.74 Å². The van der Waals surface area contributed by atoms with E-state index in [-0.39, 0.29) is 11.9 Å². The van der Waals surface area contributed by atoms with Gasteiger partial charge in [0.1, 0.15) is 11.6 Å². The highest BCUT2D eigenvalue weighted by Gasteiger charge is 2.14. The number of nitrogens with zero attached hydrogens (tertiary/aromatic N) is 1. The number of pyridine rings is 1. The number of hydrogen-bond acceptors (Lipinski definition) is 4. The van der Waals surface area contributed by atoms with Gasteiger partial charge >= 0.3 is 0 Å². The van der Waals surface area contributed by atoms with E-state index in [0.717, 1.165) is 0 Å². The van der Waals surface area contributed by atoms with Crippen molar-refractivity contribution in [2.24, 2.45) is 0 Å². The molecule has 0 fully saturated rings. The summed E-state index contributed by atoms with van der Waals surface area (Å²) >= 11 is 0. The summed E-state index contributed by atoms with van der Waals surface area (Å²) in [5.74, 6) is 0.962. The molecule has 0 spiro atoms. The first kappa shape index (κ1) is 14.8. The normalized spacial score (nSPS) is 10.3. The molecule has 2 rings (SSSR count). The standard InChI is InChI=1S/C16H19N3O2/c1-11(2)18-15-12(7-6-10-17-15)16(20)19-13-8-4-5-9-14(13)21-3/h4-11H,1-3H3,(H,17,18)(H,19,20). The molecule has 21 heavy (non-hydrogen) atoms. The number of rotatable bonds is 5. The molecule has 0 saturated heterocycles. The van der Waals surface area contributed by atoms with Crippen molar-refractivity contribution in [1.82, 2.24) is 4.98 Å². The number of para-hydroxylation sites is 2. The lowest BCUT2D eigenvalue weighted by Gasteiger charge is -2.14. The Morgan fingerprint density at radius 3 is 2.67 bits per heavy atom. The second kappa shape index (κ2) is 6.74. The van der Waals surface area contributed by atoms with E-state index in [2.05, 4.69) is 15.6 Å². The molecule has 0 aliphatic carbocycles. The van der Waals surface area contributed by atoms with Crippen molar-refractivity contribution in [2.45, 2.75) is 19.9 Å². The van der Waals surface area contributed by atoms with Gasteiger partial charge in [-0.3, -0.25) is 4.79 Å². The molecule has 5 heteroatoms. The van der Waals surface area contributed by atoms with Crippen molar-refractivity contribution in [3.05, 3.63) is 48.2 Å². The van der Waals surface area contributed by atoms with E-state index in [1.165, 1.54) is 0 Å². The number of benzene rings is 1. The Kier molecular flexibility index (Phi) is 4.77. The largest absolute Gasteiger partial charge is 0.495 e. The van der Waals surface area contributed by atoms with Gasteiger partial charge in [-0.15, -0.1) is 0 Å². The van der Waals surface area contributed by atoms with Gasteiger partial charge in [-0.05, 0) is 38.1 Å². The number of anilines is 2. The topological polar surface area (TPSA) is 63.2 Å². The molecule has 1 heterocycles. The predicted molar refractivity (Wildman–Crippen MR) is 83.9 cm³/mol. The summed E-state index contributed by atoms with van der Waals surface area (Å²) in [5, 5.41) is 6.01. The van der Waals surface area contributed by atoms with Crippen LogP contribution < -0.4 is 15.4 Å². The van der Waals surface area contributed by atoms with Crippen LogP contribution in [0.15, 0.2) is 42.6 Å². The average Bonchev–Trinajstić information content (AvgIpc) is 2.47. The Balaban J connectivity index is 2.24. The van der Waals surface area contributed by atoms with Gasteiger partial charge in [0, 0.05) is 12.2 Å². The van der Waals surface area contributed by atoms with E-state index < -0.39 is 0 Å². The summed E-state index contributed by atoms with van der Waals surface area (Å²) in [4.78, 5) is 16.7. The number of nitrogens with one attached hydrogen (secondary N) is 2. The third-order valence-electron chi connectivity index (χ3n) is 2.83. The molecule has 2 aromatic rings. The minimum absolute atomic E-state index is 0.192. The second-order valence-corrected chi connectivity index (χ2v) is 4.85. The maximum absolute atomic E-state index is 12.4. The fraction of sp³-hybridized carbons (Fsp3) is 0.250. The second-order valence-electron chi connectivity index (χ2n) is 4.85. The van der Waals surface area contributed by atoms with Gasteiger partial charge in [0.05, 0.1) is 18.4 Å². The van der Waals surface area contributed by atoms with Crippen LogP contribution in [-0.2, 0) is 0 Å². The van der Waals surface area contributed by atoms with Crippen LogP contribution in [0.3, 0.4) is 0 Å². The summed E-state index contributed by atoms with van der Waals surface area (Å²) in [6.45, 7) is 3.99. The van der Waals surface area contributed by atoms with E-state index >= 15 is 0 Å². The molecule has 2 N–H and O–H groups in total. The molecule has 1 aromatic heterocycles. The third-order valence-corrected chi connectivity index (χ3v) is 2.83. The zero-order valence-electron chi connectivity index (χ0n) is 12.4. The molecule has 0 unspecified atom stereocenters. The molecule has 0 atom stereocenters. The van der Waals surface area contributed by atoms with Crippen LogP contribution in [0.25, 0.3) is 0 Å². The first-order chi connectivity index (χ1) is 10.1. The molecule has 110 valence electrons. The van der Waals surface area contributed by atoms with Crippen LogP contribution in [0, 0.1) is 0 Å². The Morgan fingerprint density at radius 1 is 1.19 bits per heavy atom. The molecule has 0 bridgehead atoms. The first-order valence-electron chi connectivity index (χ1n) is 6.77. The molecule has 5 nitrogen and oxygen atoms in total. The van der Waals surface area contributed by atoms with E-state index in [1.54, 1.807) is 37.6 Å². The number of amides is 1. The molecular formula is C16H19N3O2. The van der Waals surface area contributed by atoms with Crippen LogP contribution in [0.2, 0.25) is 0 Å². The van der Waals surface area contributed by atoms with E-state index in [0.29, 0.717) is 22.8 Å². The minimum atomic E-state index is -0.226. The number of carbonyl (C=O) groups excluding carboxylic acids is 1. The van der Waals surface area contributed by atoms with Gasteiger partial charge in [-0.25, -0.2) is 4.98 Å². The van der Waals surface area contributed by atoms with E-state index in [9.17, 15) is 4.79 Å². The molecule has 0 aliphatic heterocycles. The van der Waals surface area contributed by atoms with Crippen LogP contribution in [0.5, 0.6) is 5.75 Å². The third kappa shape index (κ3) is 3.72. The molecule has 1 amide bonds. The highest BCUT2D eigenvalue weighted by Crippen LogP contribution is 2.24. The number of ether oxygens (including phenoxy) is 1. The smallest absolute Gasteiger partial charge is 0.259 e. The Morgan fingerprint density at radius 2 is 1.95 bits per heavy atom. The number of methoxy groups -OCH3 is 1. The fourth-order valence-corrected chi connectivity index (χ4v) is 1.91. The maximum Gasteiger partial charge on any atom is 0.259 e. The number of hydrogen-bond donors (Lipinski definition) is 2. The molecule has 1 aromatic carbocycles.